The van der Waals surface area contributed by atoms with Gasteiger partial charge in [-0.15, -0.1) is 0 Å². The summed E-state index contributed by atoms with van der Waals surface area (Å²) in [5.74, 6) is 1.49. The quantitative estimate of drug-likeness (QED) is 0.875. The molecule has 4 heteroatoms. The van der Waals surface area contributed by atoms with Crippen LogP contribution in [-0.2, 0) is 0 Å². The smallest absolute Gasteiger partial charge is 0.149 e. The van der Waals surface area contributed by atoms with Crippen molar-refractivity contribution in [1.82, 2.24) is 9.97 Å². The van der Waals surface area contributed by atoms with E-state index in [9.17, 15) is 0 Å². The molecule has 2 aromatic rings. The fourth-order valence-electron chi connectivity index (χ4n) is 1.61. The van der Waals surface area contributed by atoms with Crippen LogP contribution < -0.4 is 10.5 Å². The van der Waals surface area contributed by atoms with Crippen LogP contribution in [0.2, 0.25) is 0 Å². The van der Waals surface area contributed by atoms with E-state index in [0.717, 1.165) is 24.3 Å². The summed E-state index contributed by atoms with van der Waals surface area (Å²) >= 11 is 0. The third-order valence-corrected chi connectivity index (χ3v) is 2.58. The molecule has 4 nitrogen and oxygen atoms in total. The predicted octanol–water partition coefficient (Wildman–Crippen LogP) is 2.31. The molecule has 0 bridgehead atoms. The van der Waals surface area contributed by atoms with Crippen molar-refractivity contribution in [3.8, 4) is 5.75 Å². The maximum atomic E-state index is 6.10. The second-order valence-electron chi connectivity index (χ2n) is 4.00. The first-order chi connectivity index (χ1) is 8.81. The number of aromatic nitrogens is 2. The van der Waals surface area contributed by atoms with Crippen molar-refractivity contribution in [2.24, 2.45) is 5.73 Å². The first-order valence-corrected chi connectivity index (χ1v) is 6.06. The van der Waals surface area contributed by atoms with Crippen LogP contribution in [0.25, 0.3) is 0 Å². The molecule has 1 heterocycles. The second kappa shape index (κ2) is 6.12. The Kier molecular flexibility index (Phi) is 4.25. The van der Waals surface area contributed by atoms with Gasteiger partial charge in [0.25, 0.3) is 0 Å². The maximum absolute atomic E-state index is 6.10. The summed E-state index contributed by atoms with van der Waals surface area (Å²) < 4.78 is 5.52. The second-order valence-corrected chi connectivity index (χ2v) is 4.00. The lowest BCUT2D eigenvalue weighted by atomic mass is 10.1. The molecule has 0 spiro atoms. The van der Waals surface area contributed by atoms with Gasteiger partial charge in [0, 0.05) is 12.4 Å². The summed E-state index contributed by atoms with van der Waals surface area (Å²) in [5.41, 5.74) is 7.08. The zero-order valence-electron chi connectivity index (χ0n) is 10.4. The van der Waals surface area contributed by atoms with Crippen molar-refractivity contribution in [2.75, 3.05) is 6.61 Å². The molecule has 0 aliphatic rings. The fourth-order valence-corrected chi connectivity index (χ4v) is 1.61. The minimum atomic E-state index is -0.300. The molecule has 0 amide bonds. The highest BCUT2D eigenvalue weighted by atomic mass is 16.5. The van der Waals surface area contributed by atoms with Crippen LogP contribution in [-0.4, -0.2) is 16.6 Å². The summed E-state index contributed by atoms with van der Waals surface area (Å²) in [7, 11) is 0. The monoisotopic (exact) mass is 243 g/mol. The SMILES string of the molecule is CCCOc1ccc(C(N)c2ncccn2)cc1. The Morgan fingerprint density at radius 2 is 1.83 bits per heavy atom. The topological polar surface area (TPSA) is 61.0 Å². The van der Waals surface area contributed by atoms with Crippen LogP contribution >= 0.6 is 0 Å². The lowest BCUT2D eigenvalue weighted by molar-refractivity contribution is 0.317. The van der Waals surface area contributed by atoms with Gasteiger partial charge in [0.05, 0.1) is 12.6 Å². The zero-order valence-corrected chi connectivity index (χ0v) is 10.4. The first-order valence-electron chi connectivity index (χ1n) is 6.06. The van der Waals surface area contributed by atoms with Gasteiger partial charge in [0.2, 0.25) is 0 Å². The Bertz CT molecular complexity index is 470. The van der Waals surface area contributed by atoms with Gasteiger partial charge in [-0.1, -0.05) is 19.1 Å². The van der Waals surface area contributed by atoms with E-state index in [0.29, 0.717) is 5.82 Å². The highest BCUT2D eigenvalue weighted by Gasteiger charge is 2.10. The van der Waals surface area contributed by atoms with Crippen molar-refractivity contribution in [2.45, 2.75) is 19.4 Å². The van der Waals surface area contributed by atoms with Gasteiger partial charge in [-0.25, -0.2) is 9.97 Å². The molecule has 0 saturated heterocycles. The van der Waals surface area contributed by atoms with E-state index in [-0.39, 0.29) is 6.04 Å². The Morgan fingerprint density at radius 1 is 1.17 bits per heavy atom. The van der Waals surface area contributed by atoms with Gasteiger partial charge in [-0.05, 0) is 30.2 Å². The number of benzene rings is 1. The Morgan fingerprint density at radius 3 is 2.44 bits per heavy atom. The molecular weight excluding hydrogens is 226 g/mol. The number of ether oxygens (including phenoxy) is 1. The molecule has 1 aromatic carbocycles. The van der Waals surface area contributed by atoms with E-state index < -0.39 is 0 Å². The maximum Gasteiger partial charge on any atom is 0.149 e. The Labute approximate surface area is 107 Å². The van der Waals surface area contributed by atoms with Gasteiger partial charge >= 0.3 is 0 Å². The molecule has 1 atom stereocenters. The van der Waals surface area contributed by atoms with Crippen molar-refractivity contribution < 1.29 is 4.74 Å². The van der Waals surface area contributed by atoms with Gasteiger partial charge in [0.15, 0.2) is 0 Å². The minimum Gasteiger partial charge on any atom is -0.494 e. The minimum absolute atomic E-state index is 0.300. The number of rotatable bonds is 5. The highest BCUT2D eigenvalue weighted by Crippen LogP contribution is 2.19. The molecule has 0 aliphatic carbocycles. The largest absolute Gasteiger partial charge is 0.494 e. The third-order valence-electron chi connectivity index (χ3n) is 2.58. The van der Waals surface area contributed by atoms with Crippen LogP contribution in [0.3, 0.4) is 0 Å². The predicted molar refractivity (Wildman–Crippen MR) is 70.3 cm³/mol. The summed E-state index contributed by atoms with van der Waals surface area (Å²) in [6.07, 6.45) is 4.39. The molecule has 1 aromatic heterocycles. The van der Waals surface area contributed by atoms with Crippen molar-refractivity contribution in [3.05, 3.63) is 54.1 Å². The van der Waals surface area contributed by atoms with Crippen LogP contribution in [0.4, 0.5) is 0 Å². The summed E-state index contributed by atoms with van der Waals surface area (Å²) in [4.78, 5) is 8.32. The van der Waals surface area contributed by atoms with Crippen LogP contribution in [0.15, 0.2) is 42.7 Å². The van der Waals surface area contributed by atoms with E-state index in [4.69, 9.17) is 10.5 Å². The van der Waals surface area contributed by atoms with Gasteiger partial charge < -0.3 is 10.5 Å². The first kappa shape index (κ1) is 12.5. The van der Waals surface area contributed by atoms with Crippen LogP contribution in [0, 0.1) is 0 Å². The average Bonchev–Trinajstić information content (AvgIpc) is 2.46. The fraction of sp³-hybridized carbons (Fsp3) is 0.286. The number of nitrogens with zero attached hydrogens (tertiary/aromatic N) is 2. The van der Waals surface area contributed by atoms with Gasteiger partial charge in [-0.3, -0.25) is 0 Å². The molecule has 2 rings (SSSR count). The normalized spacial score (nSPS) is 12.1. The summed E-state index contributed by atoms with van der Waals surface area (Å²) in [6.45, 7) is 2.81. The lowest BCUT2D eigenvalue weighted by Crippen LogP contribution is -2.14. The standard InChI is InChI=1S/C14H17N3O/c1-2-10-18-12-6-4-11(5-7-12)13(15)14-16-8-3-9-17-14/h3-9,13H,2,10,15H2,1H3. The van der Waals surface area contributed by atoms with E-state index >= 15 is 0 Å². The molecule has 0 fully saturated rings. The Balaban J connectivity index is 2.09. The number of hydrogen-bond donors (Lipinski definition) is 1. The molecule has 1 unspecified atom stereocenters. The van der Waals surface area contributed by atoms with Crippen molar-refractivity contribution in [1.29, 1.82) is 0 Å². The third kappa shape index (κ3) is 3.05. The Hall–Kier alpha value is -1.94. The van der Waals surface area contributed by atoms with Crippen LogP contribution in [0.1, 0.15) is 30.8 Å². The average molecular weight is 243 g/mol. The van der Waals surface area contributed by atoms with E-state index in [1.165, 1.54) is 0 Å². The van der Waals surface area contributed by atoms with Crippen molar-refractivity contribution >= 4 is 0 Å². The molecule has 94 valence electrons. The number of hydrogen-bond acceptors (Lipinski definition) is 4. The summed E-state index contributed by atoms with van der Waals surface area (Å²) in [5, 5.41) is 0. The zero-order chi connectivity index (χ0) is 12.8. The van der Waals surface area contributed by atoms with E-state index in [1.54, 1.807) is 18.5 Å². The molecule has 18 heavy (non-hydrogen) atoms. The molecule has 0 saturated carbocycles. The van der Waals surface area contributed by atoms with Gasteiger partial charge in [0.1, 0.15) is 11.6 Å². The molecular formula is C14H17N3O. The van der Waals surface area contributed by atoms with Crippen LogP contribution in [0.5, 0.6) is 5.75 Å². The van der Waals surface area contributed by atoms with E-state index in [2.05, 4.69) is 16.9 Å². The van der Waals surface area contributed by atoms with Gasteiger partial charge in [-0.2, -0.15) is 0 Å². The van der Waals surface area contributed by atoms with E-state index in [1.807, 2.05) is 24.3 Å². The number of nitrogens with two attached hydrogens (primary N) is 1. The highest BCUT2D eigenvalue weighted by molar-refractivity contribution is 5.31. The molecule has 0 radical (unpaired) electrons. The lowest BCUT2D eigenvalue weighted by Gasteiger charge is -2.11. The van der Waals surface area contributed by atoms with Crippen molar-refractivity contribution in [3.63, 3.8) is 0 Å². The molecule has 2 N–H and O–H groups in total. The molecule has 0 aliphatic heterocycles. The summed E-state index contributed by atoms with van der Waals surface area (Å²) in [6, 6.07) is 9.23.